The van der Waals surface area contributed by atoms with Crippen molar-refractivity contribution in [2.45, 2.75) is 45.1 Å². The summed E-state index contributed by atoms with van der Waals surface area (Å²) in [6.07, 6.45) is -0.126. The fraction of sp³-hybridized carbons (Fsp3) is 0.526. The molecule has 1 saturated heterocycles. The minimum atomic E-state index is -1.05. The number of carbonyl (C=O) groups is 3. The van der Waals surface area contributed by atoms with Crippen LogP contribution < -0.4 is 0 Å². The molecule has 0 aliphatic carbocycles. The second-order valence-corrected chi connectivity index (χ2v) is 7.55. The van der Waals surface area contributed by atoms with Gasteiger partial charge in [0.15, 0.2) is 0 Å². The van der Waals surface area contributed by atoms with Crippen molar-refractivity contribution in [3.05, 3.63) is 35.4 Å². The normalized spacial score (nSPS) is 21.0. The van der Waals surface area contributed by atoms with Crippen LogP contribution in [0.1, 0.15) is 55.5 Å². The van der Waals surface area contributed by atoms with Crippen LogP contribution in [0, 0.1) is 5.92 Å². The Bertz CT molecular complexity index is 676. The summed E-state index contributed by atoms with van der Waals surface area (Å²) in [7, 11) is 0. The molecule has 0 bridgehead atoms. The predicted octanol–water partition coefficient (Wildman–Crippen LogP) is 3.20. The summed E-state index contributed by atoms with van der Waals surface area (Å²) in [5, 5.41) is 18.8. The molecular weight excluding hydrogens is 338 g/mol. The number of hydrogen-bond acceptors (Lipinski definition) is 4. The van der Waals surface area contributed by atoms with Gasteiger partial charge in [0, 0.05) is 19.0 Å². The fourth-order valence-corrected chi connectivity index (χ4v) is 3.17. The molecule has 2 atom stereocenters. The number of likely N-dealkylation sites (tertiary alicyclic amines) is 1. The largest absolute Gasteiger partial charge is 0.481 e. The van der Waals surface area contributed by atoms with Gasteiger partial charge in [0.25, 0.3) is 0 Å². The highest BCUT2D eigenvalue weighted by Crippen LogP contribution is 2.32. The van der Waals surface area contributed by atoms with Gasteiger partial charge in [0.05, 0.1) is 11.5 Å². The number of ether oxygens (including phenoxy) is 1. The van der Waals surface area contributed by atoms with E-state index in [1.807, 2.05) is 0 Å². The quantitative estimate of drug-likeness (QED) is 0.799. The van der Waals surface area contributed by atoms with E-state index in [2.05, 4.69) is 0 Å². The zero-order valence-electron chi connectivity index (χ0n) is 15.3. The summed E-state index contributed by atoms with van der Waals surface area (Å²) in [5.74, 6) is -2.50. The van der Waals surface area contributed by atoms with Crippen LogP contribution >= 0.6 is 0 Å². The monoisotopic (exact) mass is 363 g/mol. The molecule has 1 aromatic rings. The van der Waals surface area contributed by atoms with E-state index in [0.29, 0.717) is 30.5 Å². The van der Waals surface area contributed by atoms with Crippen LogP contribution in [0.15, 0.2) is 24.3 Å². The number of hydrogen-bond donors (Lipinski definition) is 2. The lowest BCUT2D eigenvalue weighted by molar-refractivity contribution is -0.142. The van der Waals surface area contributed by atoms with E-state index in [4.69, 9.17) is 4.74 Å². The molecule has 0 aromatic heterocycles. The zero-order valence-corrected chi connectivity index (χ0v) is 15.3. The molecule has 7 heteroatoms. The number of aliphatic carboxylic acids is 1. The highest BCUT2D eigenvalue weighted by atomic mass is 16.6. The molecule has 1 aromatic carbocycles. The number of esters is 1. The van der Waals surface area contributed by atoms with E-state index in [0.717, 1.165) is 0 Å². The number of carbonyl (C=O) groups excluding carboxylic acids is 1. The number of nitrogens with zero attached hydrogens (tertiary/aromatic N) is 1. The lowest BCUT2D eigenvalue weighted by atomic mass is 9.83. The van der Waals surface area contributed by atoms with Crippen molar-refractivity contribution in [3.8, 4) is 0 Å². The molecule has 7 nitrogen and oxygen atoms in total. The summed E-state index contributed by atoms with van der Waals surface area (Å²) in [5.41, 5.74) is 0.477. The smallest absolute Gasteiger partial charge is 0.407 e. The average Bonchev–Trinajstić information content (AvgIpc) is 2.76. The van der Waals surface area contributed by atoms with Gasteiger partial charge in [-0.2, -0.15) is 0 Å². The molecule has 142 valence electrons. The fourth-order valence-electron chi connectivity index (χ4n) is 3.17. The Labute approximate surface area is 152 Å². The average molecular weight is 363 g/mol. The number of rotatable bonds is 3. The van der Waals surface area contributed by atoms with Crippen molar-refractivity contribution in [2.24, 2.45) is 5.92 Å². The Morgan fingerprint density at radius 1 is 1.12 bits per heavy atom. The van der Waals surface area contributed by atoms with E-state index in [1.165, 1.54) is 4.90 Å². The Hall–Kier alpha value is -2.57. The van der Waals surface area contributed by atoms with Crippen LogP contribution in [0.5, 0.6) is 0 Å². The van der Waals surface area contributed by atoms with Crippen LogP contribution in [-0.2, 0) is 9.53 Å². The van der Waals surface area contributed by atoms with E-state index >= 15 is 0 Å². The van der Waals surface area contributed by atoms with Gasteiger partial charge in [-0.05, 0) is 51.3 Å². The molecule has 1 heterocycles. The van der Waals surface area contributed by atoms with Gasteiger partial charge >= 0.3 is 18.0 Å². The third-order valence-electron chi connectivity index (χ3n) is 4.41. The molecule has 26 heavy (non-hydrogen) atoms. The maximum atomic E-state index is 12.1. The molecule has 1 fully saturated rings. The van der Waals surface area contributed by atoms with Crippen molar-refractivity contribution in [1.29, 1.82) is 0 Å². The van der Waals surface area contributed by atoms with Crippen molar-refractivity contribution >= 4 is 18.0 Å². The van der Waals surface area contributed by atoms with Crippen LogP contribution in [0.25, 0.3) is 0 Å². The summed E-state index contributed by atoms with van der Waals surface area (Å²) in [6, 6.07) is 6.56. The molecule has 0 unspecified atom stereocenters. The minimum Gasteiger partial charge on any atom is -0.481 e. The van der Waals surface area contributed by atoms with Gasteiger partial charge in [-0.1, -0.05) is 12.1 Å². The summed E-state index contributed by atoms with van der Waals surface area (Å²) in [4.78, 5) is 36.4. The first-order chi connectivity index (χ1) is 12.1. The summed E-state index contributed by atoms with van der Waals surface area (Å²) < 4.78 is 5.32. The lowest BCUT2D eigenvalue weighted by Crippen LogP contribution is -2.35. The number of benzene rings is 1. The molecule has 1 aliphatic rings. The van der Waals surface area contributed by atoms with Gasteiger partial charge in [0.1, 0.15) is 5.60 Å². The van der Waals surface area contributed by atoms with Crippen LogP contribution in [0.2, 0.25) is 0 Å². The van der Waals surface area contributed by atoms with Crippen LogP contribution in [0.4, 0.5) is 4.79 Å². The summed E-state index contributed by atoms with van der Waals surface area (Å²) in [6.45, 7) is 5.79. The first kappa shape index (κ1) is 19.8. The first-order valence-electron chi connectivity index (χ1n) is 8.62. The van der Waals surface area contributed by atoms with Gasteiger partial charge < -0.3 is 19.8 Å². The van der Waals surface area contributed by atoms with E-state index in [-0.39, 0.29) is 6.54 Å². The van der Waals surface area contributed by atoms with Crippen molar-refractivity contribution < 1.29 is 29.3 Å². The Balaban J connectivity index is 2.26. The molecule has 0 saturated carbocycles. The highest BCUT2D eigenvalue weighted by Gasteiger charge is 2.34. The molecular formula is C19H25NO6. The van der Waals surface area contributed by atoms with Crippen LogP contribution in [-0.4, -0.2) is 51.8 Å². The molecule has 1 aliphatic heterocycles. The van der Waals surface area contributed by atoms with Crippen molar-refractivity contribution in [2.75, 3.05) is 13.1 Å². The Morgan fingerprint density at radius 2 is 1.73 bits per heavy atom. The van der Waals surface area contributed by atoms with E-state index < -0.39 is 35.5 Å². The van der Waals surface area contributed by atoms with E-state index in [9.17, 15) is 24.6 Å². The Kier molecular flexibility index (Phi) is 5.90. The highest BCUT2D eigenvalue weighted by molar-refractivity contribution is 5.89. The van der Waals surface area contributed by atoms with E-state index in [1.54, 1.807) is 45.0 Å². The van der Waals surface area contributed by atoms with Gasteiger partial charge in [0.2, 0.25) is 0 Å². The third kappa shape index (κ3) is 4.97. The predicted molar refractivity (Wildman–Crippen MR) is 94.3 cm³/mol. The minimum absolute atomic E-state index is 0.123. The van der Waals surface area contributed by atoms with Gasteiger partial charge in [-0.15, -0.1) is 0 Å². The number of amides is 1. The van der Waals surface area contributed by atoms with Gasteiger partial charge in [-0.25, -0.2) is 9.59 Å². The number of carboxylic acid groups (broad SMARTS) is 2. The molecule has 2 N–H and O–H groups in total. The summed E-state index contributed by atoms with van der Waals surface area (Å²) >= 11 is 0. The van der Waals surface area contributed by atoms with Crippen LogP contribution in [0.3, 0.4) is 0 Å². The standard InChI is InChI=1S/C19H25NO6/c1-19(2,3)26-17(23)13-8-6-12(7-9-13)15-11-20(18(24)25)10-4-5-14(15)16(21)22/h6-9,14-15H,4-5,10-11H2,1-3H3,(H,21,22)(H,24,25)/t14-,15+/m1/s1. The maximum Gasteiger partial charge on any atom is 0.407 e. The van der Waals surface area contributed by atoms with Crippen molar-refractivity contribution in [3.63, 3.8) is 0 Å². The molecule has 1 amide bonds. The second kappa shape index (κ2) is 7.76. The second-order valence-electron chi connectivity index (χ2n) is 7.55. The lowest BCUT2D eigenvalue weighted by Gasteiger charge is -2.25. The maximum absolute atomic E-state index is 12.1. The molecule has 0 radical (unpaired) electrons. The first-order valence-corrected chi connectivity index (χ1v) is 8.62. The molecule has 2 rings (SSSR count). The van der Waals surface area contributed by atoms with Gasteiger partial charge in [-0.3, -0.25) is 4.79 Å². The Morgan fingerprint density at radius 3 is 2.23 bits per heavy atom. The van der Waals surface area contributed by atoms with Crippen molar-refractivity contribution in [1.82, 2.24) is 4.90 Å². The SMILES string of the molecule is CC(C)(C)OC(=O)c1ccc([C@@H]2CN(C(=O)O)CCC[C@H]2C(=O)O)cc1. The number of carboxylic acids is 1. The molecule has 0 spiro atoms. The topological polar surface area (TPSA) is 104 Å². The zero-order chi connectivity index (χ0) is 19.5. The third-order valence-corrected chi connectivity index (χ3v) is 4.41.